The normalized spacial score (nSPS) is 28.6. The molecule has 100 valence electrons. The maximum atomic E-state index is 6.26. The number of benzene rings is 1. The molecule has 1 fully saturated rings. The first kappa shape index (κ1) is 13.6. The van der Waals surface area contributed by atoms with Gasteiger partial charge in [-0.15, -0.1) is 0 Å². The Morgan fingerprint density at radius 2 is 1.94 bits per heavy atom. The van der Waals surface area contributed by atoms with E-state index in [1.54, 1.807) is 0 Å². The van der Waals surface area contributed by atoms with Gasteiger partial charge in [0.1, 0.15) is 0 Å². The predicted molar refractivity (Wildman–Crippen MR) is 75.7 cm³/mol. The van der Waals surface area contributed by atoms with Gasteiger partial charge in [0.2, 0.25) is 0 Å². The fourth-order valence-electron chi connectivity index (χ4n) is 2.47. The molecule has 2 nitrogen and oxygen atoms in total. The van der Waals surface area contributed by atoms with Crippen LogP contribution in [0.5, 0.6) is 0 Å². The SMILES string of the molecule is CCc1ccc(C2OC(C(C)C)CNC2C)cc1. The largest absolute Gasteiger partial charge is 0.367 e. The van der Waals surface area contributed by atoms with Gasteiger partial charge >= 0.3 is 0 Å². The Hall–Kier alpha value is -0.860. The average Bonchev–Trinajstić information content (AvgIpc) is 2.39. The number of morpholine rings is 1. The van der Waals surface area contributed by atoms with Crippen LogP contribution in [0, 0.1) is 5.92 Å². The van der Waals surface area contributed by atoms with Crippen molar-refractivity contribution in [2.24, 2.45) is 5.92 Å². The van der Waals surface area contributed by atoms with E-state index in [9.17, 15) is 0 Å². The first-order valence-corrected chi connectivity index (χ1v) is 7.09. The van der Waals surface area contributed by atoms with Gasteiger partial charge < -0.3 is 10.1 Å². The number of hydrogen-bond acceptors (Lipinski definition) is 2. The highest BCUT2D eigenvalue weighted by atomic mass is 16.5. The molecule has 2 rings (SSSR count). The smallest absolute Gasteiger partial charge is 0.0979 e. The zero-order chi connectivity index (χ0) is 13.1. The zero-order valence-corrected chi connectivity index (χ0v) is 11.9. The van der Waals surface area contributed by atoms with E-state index in [-0.39, 0.29) is 6.10 Å². The van der Waals surface area contributed by atoms with Crippen molar-refractivity contribution in [2.75, 3.05) is 6.54 Å². The van der Waals surface area contributed by atoms with E-state index in [2.05, 4.69) is 57.3 Å². The van der Waals surface area contributed by atoms with Crippen LogP contribution in [0.4, 0.5) is 0 Å². The molecule has 2 heteroatoms. The number of rotatable bonds is 3. The van der Waals surface area contributed by atoms with E-state index in [1.165, 1.54) is 11.1 Å². The maximum absolute atomic E-state index is 6.26. The number of nitrogens with one attached hydrogen (secondary N) is 1. The lowest BCUT2D eigenvalue weighted by molar-refractivity contribution is -0.0806. The summed E-state index contributed by atoms with van der Waals surface area (Å²) in [6.07, 6.45) is 1.59. The Bertz CT molecular complexity index is 371. The fourth-order valence-corrected chi connectivity index (χ4v) is 2.47. The highest BCUT2D eigenvalue weighted by Crippen LogP contribution is 2.28. The van der Waals surface area contributed by atoms with Crippen LogP contribution in [0.15, 0.2) is 24.3 Å². The lowest BCUT2D eigenvalue weighted by atomic mass is 9.97. The summed E-state index contributed by atoms with van der Waals surface area (Å²) in [7, 11) is 0. The van der Waals surface area contributed by atoms with Crippen molar-refractivity contribution < 1.29 is 4.74 Å². The van der Waals surface area contributed by atoms with E-state index in [0.29, 0.717) is 18.1 Å². The first-order valence-electron chi connectivity index (χ1n) is 7.09. The van der Waals surface area contributed by atoms with Crippen molar-refractivity contribution in [1.29, 1.82) is 0 Å². The Morgan fingerprint density at radius 3 is 2.50 bits per heavy atom. The van der Waals surface area contributed by atoms with Crippen LogP contribution in [0.1, 0.15) is 44.9 Å². The highest BCUT2D eigenvalue weighted by Gasteiger charge is 2.30. The Kier molecular flexibility index (Phi) is 4.41. The lowest BCUT2D eigenvalue weighted by Crippen LogP contribution is -2.48. The van der Waals surface area contributed by atoms with Crippen LogP contribution in [0.2, 0.25) is 0 Å². The summed E-state index contributed by atoms with van der Waals surface area (Å²) in [5.41, 5.74) is 2.67. The molecule has 1 aromatic rings. The first-order chi connectivity index (χ1) is 8.61. The third kappa shape index (κ3) is 2.93. The van der Waals surface area contributed by atoms with Gasteiger partial charge in [0.15, 0.2) is 0 Å². The second-order valence-corrected chi connectivity index (χ2v) is 5.63. The highest BCUT2D eigenvalue weighted by molar-refractivity contribution is 5.25. The minimum absolute atomic E-state index is 0.178. The summed E-state index contributed by atoms with van der Waals surface area (Å²) < 4.78 is 6.26. The summed E-state index contributed by atoms with van der Waals surface area (Å²) in [5.74, 6) is 0.558. The second kappa shape index (κ2) is 5.85. The van der Waals surface area contributed by atoms with E-state index in [0.717, 1.165) is 13.0 Å². The van der Waals surface area contributed by atoms with Gasteiger partial charge in [-0.25, -0.2) is 0 Å². The molecule has 0 radical (unpaired) electrons. The molecule has 1 N–H and O–H groups in total. The van der Waals surface area contributed by atoms with Crippen LogP contribution in [-0.2, 0) is 11.2 Å². The quantitative estimate of drug-likeness (QED) is 0.884. The molecule has 0 aromatic heterocycles. The molecular formula is C16H25NO. The fraction of sp³-hybridized carbons (Fsp3) is 0.625. The lowest BCUT2D eigenvalue weighted by Gasteiger charge is -2.38. The molecule has 0 amide bonds. The molecule has 1 saturated heterocycles. The van der Waals surface area contributed by atoms with E-state index in [4.69, 9.17) is 4.74 Å². The van der Waals surface area contributed by atoms with Gasteiger partial charge in [0.25, 0.3) is 0 Å². The summed E-state index contributed by atoms with van der Waals surface area (Å²) in [6.45, 7) is 9.79. The second-order valence-electron chi connectivity index (χ2n) is 5.63. The van der Waals surface area contributed by atoms with Gasteiger partial charge in [0, 0.05) is 12.6 Å². The van der Waals surface area contributed by atoms with E-state index in [1.807, 2.05) is 0 Å². The van der Waals surface area contributed by atoms with Crippen LogP contribution in [0.25, 0.3) is 0 Å². The van der Waals surface area contributed by atoms with Crippen molar-refractivity contribution in [3.8, 4) is 0 Å². The Morgan fingerprint density at radius 1 is 1.28 bits per heavy atom. The third-order valence-corrected chi connectivity index (χ3v) is 3.88. The van der Waals surface area contributed by atoms with Gasteiger partial charge in [-0.3, -0.25) is 0 Å². The Labute approximate surface area is 111 Å². The van der Waals surface area contributed by atoms with Crippen LogP contribution < -0.4 is 5.32 Å². The van der Waals surface area contributed by atoms with Crippen molar-refractivity contribution in [3.63, 3.8) is 0 Å². The van der Waals surface area contributed by atoms with Crippen molar-refractivity contribution in [2.45, 2.75) is 52.4 Å². The van der Waals surface area contributed by atoms with Crippen LogP contribution in [-0.4, -0.2) is 18.7 Å². The zero-order valence-electron chi connectivity index (χ0n) is 11.9. The molecule has 0 spiro atoms. The van der Waals surface area contributed by atoms with E-state index >= 15 is 0 Å². The van der Waals surface area contributed by atoms with Crippen LogP contribution in [0.3, 0.4) is 0 Å². The van der Waals surface area contributed by atoms with Crippen molar-refractivity contribution in [3.05, 3.63) is 35.4 Å². The average molecular weight is 247 g/mol. The van der Waals surface area contributed by atoms with Gasteiger partial charge in [0.05, 0.1) is 12.2 Å². The Balaban J connectivity index is 2.13. The monoisotopic (exact) mass is 247 g/mol. The molecule has 18 heavy (non-hydrogen) atoms. The maximum Gasteiger partial charge on any atom is 0.0979 e. The van der Waals surface area contributed by atoms with Gasteiger partial charge in [-0.1, -0.05) is 45.0 Å². The molecule has 0 aliphatic carbocycles. The summed E-state index contributed by atoms with van der Waals surface area (Å²) in [6, 6.07) is 9.23. The standard InChI is InChI=1S/C16H25NO/c1-5-13-6-8-14(9-7-13)16-12(4)17-10-15(18-16)11(2)3/h6-9,11-12,15-17H,5,10H2,1-4H3. The molecule has 1 aliphatic rings. The van der Waals surface area contributed by atoms with Gasteiger partial charge in [-0.05, 0) is 30.4 Å². The topological polar surface area (TPSA) is 21.3 Å². The molecule has 1 heterocycles. The van der Waals surface area contributed by atoms with Crippen molar-refractivity contribution in [1.82, 2.24) is 5.32 Å². The van der Waals surface area contributed by atoms with E-state index < -0.39 is 0 Å². The minimum Gasteiger partial charge on any atom is -0.367 e. The third-order valence-electron chi connectivity index (χ3n) is 3.88. The summed E-state index contributed by atoms with van der Waals surface area (Å²) in [4.78, 5) is 0. The minimum atomic E-state index is 0.178. The number of aryl methyl sites for hydroxylation is 1. The molecule has 1 aliphatic heterocycles. The molecule has 0 bridgehead atoms. The number of ether oxygens (including phenoxy) is 1. The van der Waals surface area contributed by atoms with Crippen molar-refractivity contribution >= 4 is 0 Å². The van der Waals surface area contributed by atoms with Crippen LogP contribution >= 0.6 is 0 Å². The summed E-state index contributed by atoms with van der Waals surface area (Å²) >= 11 is 0. The molecular weight excluding hydrogens is 222 g/mol. The molecule has 3 atom stereocenters. The predicted octanol–water partition coefficient (Wildman–Crippen LogP) is 3.32. The molecule has 3 unspecified atom stereocenters. The molecule has 0 saturated carbocycles. The van der Waals surface area contributed by atoms with Gasteiger partial charge in [-0.2, -0.15) is 0 Å². The number of hydrogen-bond donors (Lipinski definition) is 1. The molecule has 1 aromatic carbocycles. The summed E-state index contributed by atoms with van der Waals surface area (Å²) in [5, 5.41) is 3.57.